The van der Waals surface area contributed by atoms with E-state index >= 15 is 0 Å². The molecule has 1 saturated carbocycles. The maximum absolute atomic E-state index is 6.04. The van der Waals surface area contributed by atoms with Crippen molar-refractivity contribution in [3.8, 4) is 5.88 Å². The molecule has 1 aliphatic carbocycles. The van der Waals surface area contributed by atoms with Crippen molar-refractivity contribution in [1.82, 2.24) is 9.88 Å². The molecular weight excluding hydrogens is 273 g/mol. The number of hydrogen-bond donors (Lipinski definition) is 1. The molecule has 0 radical (unpaired) electrons. The van der Waals surface area contributed by atoms with Crippen LogP contribution >= 0.6 is 23.2 Å². The summed E-state index contributed by atoms with van der Waals surface area (Å²) in [5.41, 5.74) is 0. The van der Waals surface area contributed by atoms with E-state index in [9.17, 15) is 0 Å². The van der Waals surface area contributed by atoms with Gasteiger partial charge in [0.1, 0.15) is 17.4 Å². The number of rotatable bonds is 6. The van der Waals surface area contributed by atoms with Gasteiger partial charge < -0.3 is 15.0 Å². The zero-order chi connectivity index (χ0) is 13.1. The molecule has 4 nitrogen and oxygen atoms in total. The summed E-state index contributed by atoms with van der Waals surface area (Å²) in [7, 11) is 3.86. The first-order chi connectivity index (χ1) is 8.61. The zero-order valence-electron chi connectivity index (χ0n) is 10.5. The lowest BCUT2D eigenvalue weighted by Crippen LogP contribution is -2.26. The fourth-order valence-corrected chi connectivity index (χ4v) is 2.22. The second kappa shape index (κ2) is 5.95. The Labute approximate surface area is 117 Å². The van der Waals surface area contributed by atoms with Crippen LogP contribution < -0.4 is 10.1 Å². The SMILES string of the molecule is CNc1nc(OCCN(C)C2CC2)c(Cl)cc1Cl. The largest absolute Gasteiger partial charge is 0.475 e. The van der Waals surface area contributed by atoms with Crippen molar-refractivity contribution < 1.29 is 4.74 Å². The van der Waals surface area contributed by atoms with Crippen LogP contribution in [-0.4, -0.2) is 43.2 Å². The third-order valence-electron chi connectivity index (χ3n) is 2.99. The van der Waals surface area contributed by atoms with Crippen molar-refractivity contribution in [2.75, 3.05) is 32.6 Å². The van der Waals surface area contributed by atoms with E-state index in [2.05, 4.69) is 22.2 Å². The minimum Gasteiger partial charge on any atom is -0.475 e. The Hall–Kier alpha value is -0.710. The summed E-state index contributed by atoms with van der Waals surface area (Å²) in [5.74, 6) is 1.00. The lowest BCUT2D eigenvalue weighted by atomic mass is 10.4. The highest BCUT2D eigenvalue weighted by molar-refractivity contribution is 6.36. The monoisotopic (exact) mass is 289 g/mol. The van der Waals surface area contributed by atoms with Crippen LogP contribution in [0, 0.1) is 0 Å². The van der Waals surface area contributed by atoms with Crippen LogP contribution in [0.1, 0.15) is 12.8 Å². The van der Waals surface area contributed by atoms with Crippen LogP contribution in [0.5, 0.6) is 5.88 Å². The van der Waals surface area contributed by atoms with Crippen molar-refractivity contribution in [1.29, 1.82) is 0 Å². The summed E-state index contributed by atoms with van der Waals surface area (Å²) >= 11 is 12.0. The Morgan fingerprint density at radius 3 is 2.78 bits per heavy atom. The molecule has 1 fully saturated rings. The predicted octanol–water partition coefficient (Wildman–Crippen LogP) is 2.90. The number of nitrogens with one attached hydrogen (secondary N) is 1. The zero-order valence-corrected chi connectivity index (χ0v) is 12.1. The molecule has 1 aromatic rings. The van der Waals surface area contributed by atoms with Gasteiger partial charge in [0.15, 0.2) is 0 Å². The normalized spacial score (nSPS) is 14.9. The highest BCUT2D eigenvalue weighted by Gasteiger charge is 2.25. The molecule has 1 N–H and O–H groups in total. The Balaban J connectivity index is 1.91. The first-order valence-electron chi connectivity index (χ1n) is 5.98. The Morgan fingerprint density at radius 2 is 2.17 bits per heavy atom. The molecule has 1 aromatic heterocycles. The minimum absolute atomic E-state index is 0.426. The highest BCUT2D eigenvalue weighted by Crippen LogP contribution is 2.30. The predicted molar refractivity (Wildman–Crippen MR) is 75.0 cm³/mol. The van der Waals surface area contributed by atoms with Gasteiger partial charge in [-0.25, -0.2) is 0 Å². The van der Waals surface area contributed by atoms with Crippen LogP contribution in [-0.2, 0) is 0 Å². The van der Waals surface area contributed by atoms with E-state index in [1.54, 1.807) is 13.1 Å². The van der Waals surface area contributed by atoms with E-state index in [0.29, 0.717) is 28.3 Å². The lowest BCUT2D eigenvalue weighted by molar-refractivity contribution is 0.227. The highest BCUT2D eigenvalue weighted by atomic mass is 35.5. The first-order valence-corrected chi connectivity index (χ1v) is 6.74. The van der Waals surface area contributed by atoms with Gasteiger partial charge in [0.2, 0.25) is 5.88 Å². The van der Waals surface area contributed by atoms with Gasteiger partial charge in [-0.1, -0.05) is 23.2 Å². The maximum Gasteiger partial charge on any atom is 0.234 e. The molecular formula is C12H17Cl2N3O. The van der Waals surface area contributed by atoms with Crippen LogP contribution in [0.15, 0.2) is 6.07 Å². The average molecular weight is 290 g/mol. The molecule has 1 heterocycles. The topological polar surface area (TPSA) is 37.4 Å². The van der Waals surface area contributed by atoms with Crippen LogP contribution in [0.4, 0.5) is 5.82 Å². The third kappa shape index (κ3) is 3.40. The van der Waals surface area contributed by atoms with Gasteiger partial charge >= 0.3 is 0 Å². The standard InChI is InChI=1S/C12H17Cl2N3O/c1-15-11-9(13)7-10(14)12(16-11)18-6-5-17(2)8-3-4-8/h7-8H,3-6H2,1-2H3,(H,15,16). The average Bonchev–Trinajstić information content (AvgIpc) is 3.15. The molecule has 1 aliphatic rings. The Bertz CT molecular complexity index is 424. The van der Waals surface area contributed by atoms with Crippen molar-refractivity contribution in [3.05, 3.63) is 16.1 Å². The fourth-order valence-electron chi connectivity index (χ4n) is 1.71. The number of likely N-dealkylation sites (N-methyl/N-ethyl adjacent to an activating group) is 1. The summed E-state index contributed by atoms with van der Waals surface area (Å²) in [6, 6.07) is 2.37. The lowest BCUT2D eigenvalue weighted by Gasteiger charge is -2.16. The molecule has 0 aromatic carbocycles. The van der Waals surface area contributed by atoms with Crippen LogP contribution in [0.3, 0.4) is 0 Å². The van der Waals surface area contributed by atoms with Crippen molar-refractivity contribution >= 4 is 29.0 Å². The van der Waals surface area contributed by atoms with Gasteiger partial charge in [-0.2, -0.15) is 4.98 Å². The van der Waals surface area contributed by atoms with Crippen molar-refractivity contribution in [3.63, 3.8) is 0 Å². The molecule has 18 heavy (non-hydrogen) atoms. The Kier molecular flexibility index (Phi) is 4.54. The second-order valence-electron chi connectivity index (χ2n) is 4.42. The summed E-state index contributed by atoms with van der Waals surface area (Å²) in [6.45, 7) is 1.45. The number of ether oxygens (including phenoxy) is 1. The summed E-state index contributed by atoms with van der Waals surface area (Å²) in [5, 5.41) is 3.83. The molecule has 0 bridgehead atoms. The van der Waals surface area contributed by atoms with E-state index in [0.717, 1.165) is 12.6 Å². The summed E-state index contributed by atoms with van der Waals surface area (Å²) in [4.78, 5) is 6.53. The Morgan fingerprint density at radius 1 is 1.44 bits per heavy atom. The number of pyridine rings is 1. The van der Waals surface area contributed by atoms with Gasteiger partial charge in [-0.3, -0.25) is 0 Å². The van der Waals surface area contributed by atoms with E-state index in [-0.39, 0.29) is 0 Å². The number of anilines is 1. The molecule has 0 spiro atoms. The molecule has 0 saturated heterocycles. The molecule has 100 valence electrons. The van der Waals surface area contributed by atoms with E-state index < -0.39 is 0 Å². The minimum atomic E-state index is 0.426. The van der Waals surface area contributed by atoms with E-state index in [1.165, 1.54) is 12.8 Å². The van der Waals surface area contributed by atoms with Gasteiger partial charge in [0, 0.05) is 19.6 Å². The molecule has 6 heteroatoms. The second-order valence-corrected chi connectivity index (χ2v) is 5.23. The molecule has 0 unspecified atom stereocenters. The number of nitrogens with zero attached hydrogens (tertiary/aromatic N) is 2. The smallest absolute Gasteiger partial charge is 0.234 e. The van der Waals surface area contributed by atoms with E-state index in [4.69, 9.17) is 27.9 Å². The number of hydrogen-bond acceptors (Lipinski definition) is 4. The van der Waals surface area contributed by atoms with Gasteiger partial charge in [-0.15, -0.1) is 0 Å². The van der Waals surface area contributed by atoms with Gasteiger partial charge in [0.05, 0.1) is 5.02 Å². The fraction of sp³-hybridized carbons (Fsp3) is 0.583. The first kappa shape index (κ1) is 13.7. The number of halogens is 2. The molecule has 0 atom stereocenters. The summed E-state index contributed by atoms with van der Waals surface area (Å²) in [6.07, 6.45) is 2.58. The maximum atomic E-state index is 6.04. The van der Waals surface area contributed by atoms with E-state index in [1.807, 2.05) is 0 Å². The van der Waals surface area contributed by atoms with Crippen molar-refractivity contribution in [2.45, 2.75) is 18.9 Å². The third-order valence-corrected chi connectivity index (χ3v) is 3.55. The van der Waals surface area contributed by atoms with Gasteiger partial charge in [0.25, 0.3) is 0 Å². The molecule has 2 rings (SSSR count). The van der Waals surface area contributed by atoms with Crippen LogP contribution in [0.25, 0.3) is 0 Å². The molecule has 0 aliphatic heterocycles. The van der Waals surface area contributed by atoms with Crippen molar-refractivity contribution in [2.24, 2.45) is 0 Å². The van der Waals surface area contributed by atoms with Gasteiger partial charge in [-0.05, 0) is 26.0 Å². The van der Waals surface area contributed by atoms with Crippen LogP contribution in [0.2, 0.25) is 10.0 Å². The quantitative estimate of drug-likeness (QED) is 0.874. The molecule has 0 amide bonds. The summed E-state index contributed by atoms with van der Waals surface area (Å²) < 4.78 is 5.60. The number of aromatic nitrogens is 1.